The molecular formula is C12H22N2O2S. The molecule has 2 aliphatic rings. The van der Waals surface area contributed by atoms with E-state index >= 15 is 0 Å². The van der Waals surface area contributed by atoms with E-state index in [1.54, 1.807) is 0 Å². The molecule has 17 heavy (non-hydrogen) atoms. The first kappa shape index (κ1) is 13.2. The third-order valence-corrected chi connectivity index (χ3v) is 4.55. The number of hydrogen-bond acceptors (Lipinski definition) is 4. The van der Waals surface area contributed by atoms with E-state index in [-0.39, 0.29) is 18.1 Å². The molecule has 2 N–H and O–H groups in total. The highest BCUT2D eigenvalue weighted by Gasteiger charge is 2.28. The molecule has 0 saturated carbocycles. The van der Waals surface area contributed by atoms with Gasteiger partial charge in [-0.25, -0.2) is 0 Å². The average molecular weight is 258 g/mol. The Labute approximate surface area is 107 Å². The average Bonchev–Trinajstić information content (AvgIpc) is 2.38. The normalized spacial score (nSPS) is 31.1. The van der Waals surface area contributed by atoms with E-state index in [2.05, 4.69) is 10.6 Å². The van der Waals surface area contributed by atoms with Crippen molar-refractivity contribution in [2.45, 2.75) is 31.9 Å². The van der Waals surface area contributed by atoms with Gasteiger partial charge in [-0.2, -0.15) is 11.8 Å². The summed E-state index contributed by atoms with van der Waals surface area (Å²) in [5.74, 6) is 3.24. The molecule has 0 bridgehead atoms. The first-order chi connectivity index (χ1) is 8.27. The van der Waals surface area contributed by atoms with Gasteiger partial charge in [0, 0.05) is 13.1 Å². The van der Waals surface area contributed by atoms with Gasteiger partial charge < -0.3 is 15.4 Å². The number of ether oxygens (including phenoxy) is 1. The molecule has 0 spiro atoms. The molecule has 0 unspecified atom stereocenters. The monoisotopic (exact) mass is 258 g/mol. The number of rotatable bonds is 3. The van der Waals surface area contributed by atoms with Crippen molar-refractivity contribution in [3.8, 4) is 0 Å². The fourth-order valence-electron chi connectivity index (χ4n) is 2.33. The first-order valence-corrected chi connectivity index (χ1v) is 7.63. The van der Waals surface area contributed by atoms with Crippen LogP contribution >= 0.6 is 11.8 Å². The van der Waals surface area contributed by atoms with Crippen molar-refractivity contribution in [2.75, 3.05) is 31.2 Å². The summed E-state index contributed by atoms with van der Waals surface area (Å²) in [4.78, 5) is 12.0. The highest BCUT2D eigenvalue weighted by Crippen LogP contribution is 2.21. The lowest BCUT2D eigenvalue weighted by molar-refractivity contribution is -0.129. The van der Waals surface area contributed by atoms with E-state index in [9.17, 15) is 4.79 Å². The number of amides is 1. The van der Waals surface area contributed by atoms with E-state index in [1.165, 1.54) is 24.3 Å². The van der Waals surface area contributed by atoms with Crippen LogP contribution in [0.3, 0.4) is 0 Å². The second-order valence-corrected chi connectivity index (χ2v) is 6.03. The lowest BCUT2D eigenvalue weighted by Crippen LogP contribution is -2.56. The molecule has 2 aliphatic heterocycles. The number of carbonyl (C=O) groups is 1. The zero-order valence-corrected chi connectivity index (χ0v) is 11.2. The molecule has 0 radical (unpaired) electrons. The third kappa shape index (κ3) is 3.86. The summed E-state index contributed by atoms with van der Waals surface area (Å²) in [5.41, 5.74) is 0. The Morgan fingerprint density at radius 2 is 2.24 bits per heavy atom. The van der Waals surface area contributed by atoms with Crippen LogP contribution in [-0.4, -0.2) is 49.3 Å². The van der Waals surface area contributed by atoms with E-state index in [0.717, 1.165) is 13.1 Å². The smallest absolute Gasteiger partial charge is 0.239 e. The van der Waals surface area contributed by atoms with Gasteiger partial charge in [0.05, 0.1) is 12.7 Å². The van der Waals surface area contributed by atoms with E-state index in [1.807, 2.05) is 18.7 Å². The molecule has 2 fully saturated rings. The van der Waals surface area contributed by atoms with Crippen LogP contribution in [0.25, 0.3) is 0 Å². The van der Waals surface area contributed by atoms with Crippen molar-refractivity contribution in [1.82, 2.24) is 10.6 Å². The zero-order valence-electron chi connectivity index (χ0n) is 10.4. The Hall–Kier alpha value is -0.260. The minimum absolute atomic E-state index is 0.0225. The Balaban J connectivity index is 1.72. The maximum atomic E-state index is 12.0. The van der Waals surface area contributed by atoms with Crippen LogP contribution in [0.15, 0.2) is 0 Å². The minimum atomic E-state index is -0.179. The Kier molecular flexibility index (Phi) is 5.13. The van der Waals surface area contributed by atoms with Crippen molar-refractivity contribution in [3.05, 3.63) is 0 Å². The van der Waals surface area contributed by atoms with Gasteiger partial charge >= 0.3 is 0 Å². The molecule has 5 heteroatoms. The van der Waals surface area contributed by atoms with Crippen LogP contribution in [0.1, 0.15) is 19.8 Å². The fraction of sp³-hybridized carbons (Fsp3) is 0.917. The summed E-state index contributed by atoms with van der Waals surface area (Å²) in [7, 11) is 0. The van der Waals surface area contributed by atoms with Crippen molar-refractivity contribution in [3.63, 3.8) is 0 Å². The van der Waals surface area contributed by atoms with Crippen molar-refractivity contribution < 1.29 is 9.53 Å². The number of hydrogen-bond donors (Lipinski definition) is 2. The number of thioether (sulfide) groups is 1. The lowest BCUT2D eigenvalue weighted by Gasteiger charge is -2.30. The molecule has 0 aromatic carbocycles. The molecule has 0 aromatic heterocycles. The van der Waals surface area contributed by atoms with Gasteiger partial charge in [-0.05, 0) is 37.2 Å². The van der Waals surface area contributed by atoms with Gasteiger partial charge in [-0.1, -0.05) is 0 Å². The molecule has 2 atom stereocenters. The topological polar surface area (TPSA) is 50.4 Å². The summed E-state index contributed by atoms with van der Waals surface area (Å²) in [5, 5.41) is 6.28. The summed E-state index contributed by atoms with van der Waals surface area (Å²) < 4.78 is 5.48. The quantitative estimate of drug-likeness (QED) is 0.779. The molecule has 4 nitrogen and oxygen atoms in total. The molecule has 2 saturated heterocycles. The molecule has 0 aromatic rings. The molecular weight excluding hydrogens is 236 g/mol. The summed E-state index contributed by atoms with van der Waals surface area (Å²) in [6.45, 7) is 4.24. The summed E-state index contributed by atoms with van der Waals surface area (Å²) in [6, 6.07) is -0.179. The molecule has 1 amide bonds. The Morgan fingerprint density at radius 3 is 2.94 bits per heavy atom. The van der Waals surface area contributed by atoms with Gasteiger partial charge in [0.2, 0.25) is 5.91 Å². The van der Waals surface area contributed by atoms with E-state index < -0.39 is 0 Å². The van der Waals surface area contributed by atoms with Gasteiger partial charge in [-0.15, -0.1) is 0 Å². The first-order valence-electron chi connectivity index (χ1n) is 6.48. The van der Waals surface area contributed by atoms with Crippen molar-refractivity contribution in [2.24, 2.45) is 5.92 Å². The van der Waals surface area contributed by atoms with Crippen LogP contribution in [0, 0.1) is 5.92 Å². The van der Waals surface area contributed by atoms with Gasteiger partial charge in [0.1, 0.15) is 6.04 Å². The summed E-state index contributed by atoms with van der Waals surface area (Å²) in [6.07, 6.45) is 2.44. The molecule has 2 rings (SSSR count). The number of carbonyl (C=O) groups excluding carboxylic acids is 1. The van der Waals surface area contributed by atoms with Gasteiger partial charge in [-0.3, -0.25) is 4.79 Å². The Bertz CT molecular complexity index is 257. The standard InChI is InChI=1S/C12H22N2O2S/c1-9-11(13-4-5-16-9)12(15)14-8-10-2-6-17-7-3-10/h9-11,13H,2-8H2,1H3,(H,14,15)/t9-,11+/m1/s1. The van der Waals surface area contributed by atoms with Crippen LogP contribution < -0.4 is 10.6 Å². The maximum absolute atomic E-state index is 12.0. The number of nitrogens with one attached hydrogen (secondary N) is 2. The lowest BCUT2D eigenvalue weighted by atomic mass is 10.0. The molecule has 2 heterocycles. The van der Waals surface area contributed by atoms with Crippen LogP contribution in [-0.2, 0) is 9.53 Å². The largest absolute Gasteiger partial charge is 0.375 e. The van der Waals surface area contributed by atoms with E-state index in [4.69, 9.17) is 4.74 Å². The van der Waals surface area contributed by atoms with Crippen LogP contribution in [0.2, 0.25) is 0 Å². The van der Waals surface area contributed by atoms with Crippen molar-refractivity contribution in [1.29, 1.82) is 0 Å². The van der Waals surface area contributed by atoms with E-state index in [0.29, 0.717) is 12.5 Å². The molecule has 98 valence electrons. The van der Waals surface area contributed by atoms with Crippen molar-refractivity contribution >= 4 is 17.7 Å². The second-order valence-electron chi connectivity index (χ2n) is 4.81. The minimum Gasteiger partial charge on any atom is -0.375 e. The SMILES string of the molecule is C[C@H]1OCCN[C@@H]1C(=O)NCC1CCSCC1. The Morgan fingerprint density at radius 1 is 1.47 bits per heavy atom. The zero-order chi connectivity index (χ0) is 12.1. The van der Waals surface area contributed by atoms with Crippen LogP contribution in [0.4, 0.5) is 0 Å². The fourth-order valence-corrected chi connectivity index (χ4v) is 3.54. The predicted octanol–water partition coefficient (Wildman–Crippen LogP) is 0.623. The van der Waals surface area contributed by atoms with Crippen LogP contribution in [0.5, 0.6) is 0 Å². The van der Waals surface area contributed by atoms with Gasteiger partial charge in [0.15, 0.2) is 0 Å². The third-order valence-electron chi connectivity index (χ3n) is 3.50. The molecule has 0 aliphatic carbocycles. The summed E-state index contributed by atoms with van der Waals surface area (Å²) >= 11 is 2.02. The highest BCUT2D eigenvalue weighted by molar-refractivity contribution is 7.99. The van der Waals surface area contributed by atoms with Gasteiger partial charge in [0.25, 0.3) is 0 Å². The highest BCUT2D eigenvalue weighted by atomic mass is 32.2. The number of morpholine rings is 1. The second kappa shape index (κ2) is 6.61. The maximum Gasteiger partial charge on any atom is 0.239 e. The predicted molar refractivity (Wildman–Crippen MR) is 70.3 cm³/mol.